The van der Waals surface area contributed by atoms with Gasteiger partial charge in [-0.15, -0.1) is 11.3 Å². The van der Waals surface area contributed by atoms with Crippen LogP contribution in [0, 0.1) is 16.7 Å². The van der Waals surface area contributed by atoms with E-state index in [9.17, 15) is 15.0 Å². The Morgan fingerprint density at radius 1 is 1.23 bits per heavy atom. The molecule has 1 saturated carbocycles. The highest BCUT2D eigenvalue weighted by molar-refractivity contribution is 7.15. The topological polar surface area (TPSA) is 108 Å². The molecule has 5 rings (SSSR count). The highest BCUT2D eigenvalue weighted by atomic mass is 32.1. The minimum absolute atomic E-state index is 0.0316. The monoisotopic (exact) mass is 495 g/mol. The lowest BCUT2D eigenvalue weighted by Gasteiger charge is -2.58. The lowest BCUT2D eigenvalue weighted by atomic mass is 9.47. The van der Waals surface area contributed by atoms with Crippen LogP contribution < -0.4 is 10.6 Å². The zero-order chi connectivity index (χ0) is 24.6. The summed E-state index contributed by atoms with van der Waals surface area (Å²) in [5.74, 6) is 0.572. The summed E-state index contributed by atoms with van der Waals surface area (Å²) in [6.45, 7) is 4.46. The van der Waals surface area contributed by atoms with E-state index in [1.165, 1.54) is 0 Å². The maximum atomic E-state index is 13.1. The molecule has 2 heterocycles. The van der Waals surface area contributed by atoms with Crippen LogP contribution in [0.25, 0.3) is 0 Å². The van der Waals surface area contributed by atoms with E-state index in [4.69, 9.17) is 9.40 Å². The molecule has 1 fully saturated rings. The van der Waals surface area contributed by atoms with Crippen molar-refractivity contribution in [1.29, 1.82) is 0 Å². The number of carbonyl (C=O) groups is 1. The number of rotatable bonds is 7. The molecular weight excluding hydrogens is 462 g/mol. The van der Waals surface area contributed by atoms with E-state index in [2.05, 4.69) is 17.6 Å². The molecule has 8 heteroatoms. The number of nitrogens with zero attached hydrogens (tertiary/aromatic N) is 1. The van der Waals surface area contributed by atoms with Gasteiger partial charge in [-0.3, -0.25) is 4.79 Å². The maximum Gasteiger partial charge on any atom is 0.221 e. The number of aliphatic hydroxyl groups is 2. The first kappa shape index (κ1) is 24.0. The van der Waals surface area contributed by atoms with Crippen molar-refractivity contribution >= 4 is 28.1 Å². The number of hydrogen-bond acceptors (Lipinski definition) is 7. The van der Waals surface area contributed by atoms with E-state index in [0.29, 0.717) is 25.1 Å². The molecular formula is C27H33N3O4S. The van der Waals surface area contributed by atoms with Crippen LogP contribution in [0.5, 0.6) is 0 Å². The molecule has 0 saturated heterocycles. The van der Waals surface area contributed by atoms with Crippen LogP contribution in [0.4, 0.5) is 10.8 Å². The Balaban J connectivity index is 1.47. The third kappa shape index (κ3) is 4.39. The average Bonchev–Trinajstić information content (AvgIpc) is 3.52. The second kappa shape index (κ2) is 9.41. The number of furan rings is 1. The number of thiazole rings is 1. The summed E-state index contributed by atoms with van der Waals surface area (Å²) in [6.07, 6.45) is 3.44. The summed E-state index contributed by atoms with van der Waals surface area (Å²) in [4.78, 5) is 19.3. The molecule has 35 heavy (non-hydrogen) atoms. The van der Waals surface area contributed by atoms with Crippen LogP contribution in [-0.2, 0) is 17.8 Å². The van der Waals surface area contributed by atoms with E-state index in [1.54, 1.807) is 23.7 Å². The number of aromatic nitrogens is 1. The molecule has 186 valence electrons. The van der Waals surface area contributed by atoms with Crippen LogP contribution in [0.15, 0.2) is 53.1 Å². The van der Waals surface area contributed by atoms with Crippen molar-refractivity contribution in [2.45, 2.75) is 58.1 Å². The fourth-order valence-electron chi connectivity index (χ4n) is 6.20. The van der Waals surface area contributed by atoms with Gasteiger partial charge in [0.1, 0.15) is 5.76 Å². The van der Waals surface area contributed by atoms with Gasteiger partial charge in [-0.25, -0.2) is 4.98 Å². The smallest absolute Gasteiger partial charge is 0.221 e. The number of nitrogens with one attached hydrogen (secondary N) is 2. The first-order valence-electron chi connectivity index (χ1n) is 12.2. The average molecular weight is 496 g/mol. The zero-order valence-electron chi connectivity index (χ0n) is 20.2. The SMILES string of the molecule is CC1(CO)C(O)CCC2(C)C(CC(=O)NCc3ccco3)c3nc(Nc4ccccc4)sc3CC12. The van der Waals surface area contributed by atoms with E-state index < -0.39 is 11.5 Å². The lowest BCUT2D eigenvalue weighted by Crippen LogP contribution is -2.57. The fraction of sp³-hybridized carbons (Fsp3) is 0.481. The Morgan fingerprint density at radius 3 is 2.74 bits per heavy atom. The van der Waals surface area contributed by atoms with E-state index >= 15 is 0 Å². The van der Waals surface area contributed by atoms with Crippen molar-refractivity contribution < 1.29 is 19.4 Å². The predicted octanol–water partition coefficient (Wildman–Crippen LogP) is 4.60. The van der Waals surface area contributed by atoms with Crippen molar-refractivity contribution in [2.75, 3.05) is 11.9 Å². The standard InChI is InChI=1S/C27H33N3O4S/c1-26-11-10-22(32)27(2,16-31)21(26)14-20-24(30-25(35-20)29-17-7-4-3-5-8-17)19(26)13-23(33)28-15-18-9-6-12-34-18/h3-9,12,19,21-22,31-32H,10-11,13-16H2,1-2H3,(H,28,33)(H,29,30). The zero-order valence-corrected chi connectivity index (χ0v) is 21.0. The molecule has 4 N–H and O–H groups in total. The third-order valence-corrected chi connectivity index (χ3v) is 9.36. The van der Waals surface area contributed by atoms with Crippen molar-refractivity contribution in [1.82, 2.24) is 10.3 Å². The first-order valence-corrected chi connectivity index (χ1v) is 13.0. The minimum atomic E-state index is -0.634. The number of fused-ring (bicyclic) bond motifs is 2. The Morgan fingerprint density at radius 2 is 2.03 bits per heavy atom. The molecule has 0 bridgehead atoms. The number of aliphatic hydroxyl groups excluding tert-OH is 2. The van der Waals surface area contributed by atoms with Crippen molar-refractivity contribution in [3.63, 3.8) is 0 Å². The van der Waals surface area contributed by atoms with Gasteiger partial charge in [-0.1, -0.05) is 32.0 Å². The van der Waals surface area contributed by atoms with E-state index in [-0.39, 0.29) is 29.8 Å². The molecule has 2 aliphatic rings. The van der Waals surface area contributed by atoms with Gasteiger partial charge in [-0.2, -0.15) is 0 Å². The summed E-state index contributed by atoms with van der Waals surface area (Å²) in [5, 5.41) is 28.5. The summed E-state index contributed by atoms with van der Waals surface area (Å²) >= 11 is 1.61. The summed E-state index contributed by atoms with van der Waals surface area (Å²) in [5.41, 5.74) is 1.02. The number of hydrogen-bond donors (Lipinski definition) is 4. The van der Waals surface area contributed by atoms with Gasteiger partial charge >= 0.3 is 0 Å². The van der Waals surface area contributed by atoms with Crippen LogP contribution >= 0.6 is 11.3 Å². The first-order chi connectivity index (χ1) is 16.8. The van der Waals surface area contributed by atoms with E-state index in [1.807, 2.05) is 43.3 Å². The summed E-state index contributed by atoms with van der Waals surface area (Å²) < 4.78 is 5.36. The Bertz CT molecular complexity index is 1160. The van der Waals surface area contributed by atoms with Gasteiger partial charge in [0.25, 0.3) is 0 Å². The molecule has 0 spiro atoms. The van der Waals surface area contributed by atoms with Crippen LogP contribution in [0.3, 0.4) is 0 Å². The number of anilines is 2. The quantitative estimate of drug-likeness (QED) is 0.382. The molecule has 5 atom stereocenters. The highest BCUT2D eigenvalue weighted by Crippen LogP contribution is 2.62. The molecule has 5 unspecified atom stereocenters. The molecule has 3 aromatic rings. The second-order valence-electron chi connectivity index (χ2n) is 10.4. The van der Waals surface area contributed by atoms with Gasteiger partial charge in [0.05, 0.1) is 31.2 Å². The molecule has 2 aromatic heterocycles. The van der Waals surface area contributed by atoms with Gasteiger partial charge < -0.3 is 25.3 Å². The number of amides is 1. The van der Waals surface area contributed by atoms with Crippen molar-refractivity contribution in [3.05, 3.63) is 65.1 Å². The Kier molecular flexibility index (Phi) is 6.46. The minimum Gasteiger partial charge on any atom is -0.467 e. The second-order valence-corrected chi connectivity index (χ2v) is 11.5. The Labute approximate surface area is 209 Å². The van der Waals surface area contributed by atoms with E-state index in [0.717, 1.165) is 34.2 Å². The normalized spacial score (nSPS) is 29.8. The Hall–Kier alpha value is -2.68. The van der Waals surface area contributed by atoms with Gasteiger partial charge in [0.15, 0.2) is 5.13 Å². The van der Waals surface area contributed by atoms with Crippen molar-refractivity contribution in [3.8, 4) is 0 Å². The maximum absolute atomic E-state index is 13.1. The van der Waals surface area contributed by atoms with Crippen LogP contribution in [0.1, 0.15) is 55.4 Å². The van der Waals surface area contributed by atoms with Crippen LogP contribution in [0.2, 0.25) is 0 Å². The van der Waals surface area contributed by atoms with Crippen molar-refractivity contribution in [2.24, 2.45) is 16.7 Å². The lowest BCUT2D eigenvalue weighted by molar-refractivity contribution is -0.144. The molecule has 2 aliphatic carbocycles. The van der Waals surface area contributed by atoms with Gasteiger partial charge in [0.2, 0.25) is 5.91 Å². The fourth-order valence-corrected chi connectivity index (χ4v) is 7.29. The number of benzene rings is 1. The predicted molar refractivity (Wildman–Crippen MR) is 135 cm³/mol. The number of carbonyl (C=O) groups excluding carboxylic acids is 1. The molecule has 0 aliphatic heterocycles. The third-order valence-electron chi connectivity index (χ3n) is 8.35. The largest absolute Gasteiger partial charge is 0.467 e. The molecule has 1 aromatic carbocycles. The summed E-state index contributed by atoms with van der Waals surface area (Å²) in [6, 6.07) is 13.6. The number of para-hydroxylation sites is 1. The molecule has 1 amide bonds. The van der Waals surface area contributed by atoms with Crippen LogP contribution in [-0.4, -0.2) is 33.8 Å². The van der Waals surface area contributed by atoms with Gasteiger partial charge in [-0.05, 0) is 54.9 Å². The van der Waals surface area contributed by atoms with Gasteiger partial charge in [0, 0.05) is 28.3 Å². The molecule has 7 nitrogen and oxygen atoms in total. The summed E-state index contributed by atoms with van der Waals surface area (Å²) in [7, 11) is 0. The molecule has 0 radical (unpaired) electrons. The highest BCUT2D eigenvalue weighted by Gasteiger charge is 2.59.